The zero-order valence-corrected chi connectivity index (χ0v) is 14.6. The van der Waals surface area contributed by atoms with Crippen molar-refractivity contribution in [2.45, 2.75) is 56.9 Å². The van der Waals surface area contributed by atoms with Crippen LogP contribution in [-0.2, 0) is 0 Å². The summed E-state index contributed by atoms with van der Waals surface area (Å²) in [5, 5.41) is 9.92. The molecule has 1 N–H and O–H groups in total. The monoisotopic (exact) mass is 330 g/mol. The van der Waals surface area contributed by atoms with E-state index >= 15 is 0 Å². The summed E-state index contributed by atoms with van der Waals surface area (Å²) in [4.78, 5) is 14.9. The fourth-order valence-electron chi connectivity index (χ4n) is 5.40. The highest BCUT2D eigenvalue weighted by Crippen LogP contribution is 2.41. The highest BCUT2D eigenvalue weighted by atomic mass is 16.3. The van der Waals surface area contributed by atoms with Crippen molar-refractivity contribution in [3.05, 3.63) is 34.2 Å². The van der Waals surface area contributed by atoms with Gasteiger partial charge >= 0.3 is 0 Å². The highest BCUT2D eigenvalue weighted by Gasteiger charge is 2.40. The number of nitrogens with zero attached hydrogens (tertiary/aromatic N) is 2. The molecule has 1 aliphatic carbocycles. The Hall–Kier alpha value is -1.13. The zero-order chi connectivity index (χ0) is 16.5. The minimum absolute atomic E-state index is 0.0394. The van der Waals surface area contributed by atoms with Crippen LogP contribution in [0.2, 0.25) is 0 Å². The Morgan fingerprint density at radius 2 is 1.96 bits per heavy atom. The number of fused-ring (bicyclic) bond motifs is 4. The zero-order valence-electron chi connectivity index (χ0n) is 14.6. The van der Waals surface area contributed by atoms with Crippen molar-refractivity contribution in [1.29, 1.82) is 0 Å². The van der Waals surface area contributed by atoms with Gasteiger partial charge in [-0.3, -0.25) is 4.79 Å². The van der Waals surface area contributed by atoms with Crippen LogP contribution < -0.4 is 5.56 Å². The SMILES string of the molecule is O=c1cccc2n1[C@@H](CO)[C@H]1C[C@@H]2CN(CCC2CCCCC2)C1. The number of hydrogen-bond acceptors (Lipinski definition) is 3. The third kappa shape index (κ3) is 3.06. The van der Waals surface area contributed by atoms with E-state index in [1.807, 2.05) is 10.6 Å². The highest BCUT2D eigenvalue weighted by molar-refractivity contribution is 5.19. The van der Waals surface area contributed by atoms with Crippen LogP contribution in [0.15, 0.2) is 23.0 Å². The minimum Gasteiger partial charge on any atom is -0.394 e. The van der Waals surface area contributed by atoms with Crippen LogP contribution in [0.5, 0.6) is 0 Å². The van der Waals surface area contributed by atoms with Crippen LogP contribution in [-0.4, -0.2) is 40.8 Å². The molecule has 1 aromatic rings. The molecule has 3 atom stereocenters. The molecular weight excluding hydrogens is 300 g/mol. The second kappa shape index (κ2) is 7.01. The Morgan fingerprint density at radius 1 is 1.12 bits per heavy atom. The number of piperidine rings is 1. The molecule has 2 fully saturated rings. The van der Waals surface area contributed by atoms with Gasteiger partial charge in [-0.1, -0.05) is 38.2 Å². The lowest BCUT2D eigenvalue weighted by Crippen LogP contribution is -2.50. The summed E-state index contributed by atoms with van der Waals surface area (Å²) in [5.41, 5.74) is 1.19. The molecule has 0 amide bonds. The summed E-state index contributed by atoms with van der Waals surface area (Å²) < 4.78 is 1.89. The fourth-order valence-corrected chi connectivity index (χ4v) is 5.40. The average Bonchev–Trinajstić information content (AvgIpc) is 2.62. The molecule has 1 saturated heterocycles. The van der Waals surface area contributed by atoms with Gasteiger partial charge in [-0.2, -0.15) is 0 Å². The molecule has 24 heavy (non-hydrogen) atoms. The van der Waals surface area contributed by atoms with Gasteiger partial charge in [-0.05, 0) is 37.3 Å². The summed E-state index contributed by atoms with van der Waals surface area (Å²) in [5.74, 6) is 1.78. The van der Waals surface area contributed by atoms with E-state index in [9.17, 15) is 9.90 Å². The van der Waals surface area contributed by atoms with E-state index < -0.39 is 0 Å². The molecule has 0 spiro atoms. The number of pyridine rings is 1. The molecule has 3 aliphatic rings. The molecule has 0 unspecified atom stereocenters. The summed E-state index contributed by atoms with van der Waals surface area (Å²) in [6.07, 6.45) is 9.53. The second-order valence-corrected chi connectivity index (χ2v) is 8.15. The smallest absolute Gasteiger partial charge is 0.251 e. The number of likely N-dealkylation sites (tertiary alicyclic amines) is 1. The van der Waals surface area contributed by atoms with E-state index in [0.29, 0.717) is 11.8 Å². The predicted octanol–water partition coefficient (Wildman–Crippen LogP) is 2.77. The molecule has 0 radical (unpaired) electrons. The number of aromatic nitrogens is 1. The molecule has 2 aliphatic heterocycles. The Morgan fingerprint density at radius 3 is 2.75 bits per heavy atom. The minimum atomic E-state index is -0.0394. The van der Waals surface area contributed by atoms with Gasteiger partial charge in [0.1, 0.15) is 0 Å². The van der Waals surface area contributed by atoms with E-state index in [-0.39, 0.29) is 18.2 Å². The van der Waals surface area contributed by atoms with Crippen LogP contribution in [0.1, 0.15) is 62.6 Å². The maximum absolute atomic E-state index is 12.3. The predicted molar refractivity (Wildman–Crippen MR) is 95.3 cm³/mol. The normalized spacial score (nSPS) is 31.0. The Labute approximate surface area is 144 Å². The molecule has 3 heterocycles. The van der Waals surface area contributed by atoms with Crippen molar-refractivity contribution < 1.29 is 5.11 Å². The van der Waals surface area contributed by atoms with Crippen molar-refractivity contribution in [1.82, 2.24) is 9.47 Å². The van der Waals surface area contributed by atoms with Crippen LogP contribution >= 0.6 is 0 Å². The maximum atomic E-state index is 12.3. The van der Waals surface area contributed by atoms with E-state index in [1.165, 1.54) is 45.1 Å². The topological polar surface area (TPSA) is 45.5 Å². The first kappa shape index (κ1) is 16.3. The molecule has 1 aromatic heterocycles. The second-order valence-electron chi connectivity index (χ2n) is 8.15. The third-order valence-corrected chi connectivity index (χ3v) is 6.64. The third-order valence-electron chi connectivity index (χ3n) is 6.64. The van der Waals surface area contributed by atoms with Gasteiger partial charge in [0.25, 0.3) is 5.56 Å². The van der Waals surface area contributed by atoms with Gasteiger partial charge in [0.2, 0.25) is 0 Å². The van der Waals surface area contributed by atoms with E-state index in [2.05, 4.69) is 11.0 Å². The molecule has 4 heteroatoms. The first-order chi connectivity index (χ1) is 11.8. The molecule has 2 bridgehead atoms. The van der Waals surface area contributed by atoms with Crippen molar-refractivity contribution in [2.24, 2.45) is 11.8 Å². The summed E-state index contributed by atoms with van der Waals surface area (Å²) >= 11 is 0. The van der Waals surface area contributed by atoms with E-state index in [1.54, 1.807) is 6.07 Å². The van der Waals surface area contributed by atoms with E-state index in [4.69, 9.17) is 0 Å². The van der Waals surface area contributed by atoms with Gasteiger partial charge in [0.05, 0.1) is 12.6 Å². The van der Waals surface area contributed by atoms with Crippen LogP contribution in [0.3, 0.4) is 0 Å². The number of hydrogen-bond donors (Lipinski definition) is 1. The van der Waals surface area contributed by atoms with Crippen molar-refractivity contribution in [2.75, 3.05) is 26.2 Å². The van der Waals surface area contributed by atoms with Crippen LogP contribution in [0.4, 0.5) is 0 Å². The lowest BCUT2D eigenvalue weighted by Gasteiger charge is -2.46. The van der Waals surface area contributed by atoms with Gasteiger partial charge < -0.3 is 14.6 Å². The van der Waals surface area contributed by atoms with E-state index in [0.717, 1.165) is 31.1 Å². The van der Waals surface area contributed by atoms with Gasteiger partial charge in [0, 0.05) is 30.8 Å². The van der Waals surface area contributed by atoms with Crippen LogP contribution in [0, 0.1) is 11.8 Å². The fraction of sp³-hybridized carbons (Fsp3) is 0.750. The molecule has 0 aromatic carbocycles. The summed E-state index contributed by atoms with van der Waals surface area (Å²) in [7, 11) is 0. The van der Waals surface area contributed by atoms with Crippen molar-refractivity contribution >= 4 is 0 Å². The lowest BCUT2D eigenvalue weighted by molar-refractivity contribution is 0.0579. The molecule has 4 rings (SSSR count). The lowest BCUT2D eigenvalue weighted by atomic mass is 9.78. The quantitative estimate of drug-likeness (QED) is 0.923. The Kier molecular flexibility index (Phi) is 4.77. The average molecular weight is 330 g/mol. The Balaban J connectivity index is 1.48. The van der Waals surface area contributed by atoms with Crippen molar-refractivity contribution in [3.8, 4) is 0 Å². The summed E-state index contributed by atoms with van der Waals surface area (Å²) in [6, 6.07) is 5.57. The number of aliphatic hydroxyl groups is 1. The molecule has 1 saturated carbocycles. The summed E-state index contributed by atoms with van der Waals surface area (Å²) in [6.45, 7) is 3.37. The van der Waals surface area contributed by atoms with Crippen LogP contribution in [0.25, 0.3) is 0 Å². The van der Waals surface area contributed by atoms with Gasteiger partial charge in [-0.15, -0.1) is 0 Å². The first-order valence-electron chi connectivity index (χ1n) is 9.81. The largest absolute Gasteiger partial charge is 0.394 e. The first-order valence-corrected chi connectivity index (χ1v) is 9.81. The molecular formula is C20H30N2O2. The number of rotatable bonds is 4. The van der Waals surface area contributed by atoms with Crippen molar-refractivity contribution in [3.63, 3.8) is 0 Å². The molecule has 132 valence electrons. The van der Waals surface area contributed by atoms with Gasteiger partial charge in [0.15, 0.2) is 0 Å². The Bertz CT molecular complexity index is 620. The number of aliphatic hydroxyl groups excluding tert-OH is 1. The molecule has 4 nitrogen and oxygen atoms in total. The van der Waals surface area contributed by atoms with Gasteiger partial charge in [-0.25, -0.2) is 0 Å². The maximum Gasteiger partial charge on any atom is 0.251 e. The standard InChI is InChI=1S/C20H30N2O2/c23-14-19-17-11-16(18-7-4-8-20(24)22(18)19)12-21(13-17)10-9-15-5-2-1-3-6-15/h4,7-8,15-17,19,23H,1-3,5-6,9-14H2/t16-,17+,19+/m1/s1.